The van der Waals surface area contributed by atoms with Gasteiger partial charge in [-0.15, -0.1) is 0 Å². The van der Waals surface area contributed by atoms with Gasteiger partial charge in [-0.2, -0.15) is 13.2 Å². The fourth-order valence-electron chi connectivity index (χ4n) is 2.45. The van der Waals surface area contributed by atoms with Crippen molar-refractivity contribution in [3.05, 3.63) is 29.0 Å². The zero-order valence-electron chi connectivity index (χ0n) is 11.5. The third-order valence-corrected chi connectivity index (χ3v) is 3.61. The number of halogens is 5. The third kappa shape index (κ3) is 4.43. The molecule has 128 valence electrons. The number of aromatic nitrogens is 1. The van der Waals surface area contributed by atoms with Crippen LogP contribution < -0.4 is 10.9 Å². The van der Waals surface area contributed by atoms with Gasteiger partial charge in [0.2, 0.25) is 0 Å². The third-order valence-electron chi connectivity index (χ3n) is 3.38. The molecule has 23 heavy (non-hydrogen) atoms. The summed E-state index contributed by atoms with van der Waals surface area (Å²) in [5.74, 6) is 0. The first-order valence-corrected chi connectivity index (χ1v) is 6.87. The summed E-state index contributed by atoms with van der Waals surface area (Å²) in [6.45, 7) is -0.819. The van der Waals surface area contributed by atoms with E-state index in [-0.39, 0.29) is 17.3 Å². The van der Waals surface area contributed by atoms with E-state index >= 15 is 0 Å². The molecule has 2 heterocycles. The number of carbonyl (C=O) groups is 1. The van der Waals surface area contributed by atoms with Crippen LogP contribution in [0.4, 0.5) is 22.4 Å². The number of rotatable bonds is 4. The molecule has 1 aromatic heterocycles. The van der Waals surface area contributed by atoms with Gasteiger partial charge >= 0.3 is 12.3 Å². The van der Waals surface area contributed by atoms with Crippen LogP contribution in [0, 0.1) is 0 Å². The van der Waals surface area contributed by atoms with Gasteiger partial charge in [-0.3, -0.25) is 10.3 Å². The van der Waals surface area contributed by atoms with Gasteiger partial charge in [0.05, 0.1) is 6.04 Å². The molecular weight excluding hydrogens is 344 g/mol. The summed E-state index contributed by atoms with van der Waals surface area (Å²) < 4.78 is 54.0. The summed E-state index contributed by atoms with van der Waals surface area (Å²) in [6, 6.07) is -0.740. The number of hydrogen-bond donors (Lipinski definition) is 3. The lowest BCUT2D eigenvalue weighted by Crippen LogP contribution is -2.48. The SMILES string of the molecule is O=C(O)NN[C@@H]1CN([C@H](c2ccc(Cl)nc2)C(F)(F)F)CC1F. The molecule has 1 aliphatic heterocycles. The highest BCUT2D eigenvalue weighted by Crippen LogP contribution is 2.39. The van der Waals surface area contributed by atoms with Gasteiger partial charge in [0.15, 0.2) is 0 Å². The first-order chi connectivity index (χ1) is 10.7. The van der Waals surface area contributed by atoms with E-state index in [4.69, 9.17) is 16.7 Å². The highest BCUT2D eigenvalue weighted by atomic mass is 35.5. The topological polar surface area (TPSA) is 77.5 Å². The average molecular weight is 357 g/mol. The Hall–Kier alpha value is -1.65. The van der Waals surface area contributed by atoms with Gasteiger partial charge in [0.25, 0.3) is 0 Å². The van der Waals surface area contributed by atoms with Crippen LogP contribution in [0.5, 0.6) is 0 Å². The Balaban J connectivity index is 2.17. The zero-order chi connectivity index (χ0) is 17.2. The van der Waals surface area contributed by atoms with Crippen molar-refractivity contribution >= 4 is 17.7 Å². The molecule has 2 rings (SSSR count). The molecule has 0 aliphatic carbocycles. The van der Waals surface area contributed by atoms with E-state index in [0.29, 0.717) is 0 Å². The van der Waals surface area contributed by atoms with Gasteiger partial charge in [0.1, 0.15) is 17.4 Å². The van der Waals surface area contributed by atoms with Crippen LogP contribution in [-0.2, 0) is 0 Å². The number of hydrogen-bond acceptors (Lipinski definition) is 4. The smallest absolute Gasteiger partial charge is 0.419 e. The van der Waals surface area contributed by atoms with Crippen LogP contribution in [0.25, 0.3) is 0 Å². The van der Waals surface area contributed by atoms with Crippen molar-refractivity contribution < 1.29 is 27.5 Å². The monoisotopic (exact) mass is 356 g/mol. The van der Waals surface area contributed by atoms with Crippen LogP contribution in [0.1, 0.15) is 11.6 Å². The number of nitrogens with zero attached hydrogens (tertiary/aromatic N) is 2. The number of pyridine rings is 1. The number of hydrazine groups is 1. The molecule has 0 aromatic carbocycles. The van der Waals surface area contributed by atoms with Crippen LogP contribution >= 0.6 is 11.6 Å². The van der Waals surface area contributed by atoms with Crippen LogP contribution in [0.3, 0.4) is 0 Å². The van der Waals surface area contributed by atoms with Gasteiger partial charge in [0, 0.05) is 19.3 Å². The van der Waals surface area contributed by atoms with Crippen molar-refractivity contribution in [2.75, 3.05) is 13.1 Å². The molecule has 1 amide bonds. The van der Waals surface area contributed by atoms with E-state index in [1.807, 2.05) is 0 Å². The maximum absolute atomic E-state index is 13.9. The molecule has 3 N–H and O–H groups in total. The van der Waals surface area contributed by atoms with Crippen molar-refractivity contribution in [2.24, 2.45) is 0 Å². The molecule has 1 fully saturated rings. The second-order valence-electron chi connectivity index (χ2n) is 5.01. The van der Waals surface area contributed by atoms with E-state index in [2.05, 4.69) is 10.4 Å². The van der Waals surface area contributed by atoms with Crippen molar-refractivity contribution in [2.45, 2.75) is 24.4 Å². The van der Waals surface area contributed by atoms with E-state index in [1.54, 1.807) is 5.43 Å². The van der Waals surface area contributed by atoms with Crippen molar-refractivity contribution in [3.8, 4) is 0 Å². The predicted molar refractivity (Wildman–Crippen MR) is 72.6 cm³/mol. The molecule has 0 bridgehead atoms. The second kappa shape index (κ2) is 6.85. The maximum atomic E-state index is 13.9. The van der Waals surface area contributed by atoms with Crippen LogP contribution in [0.2, 0.25) is 5.15 Å². The lowest BCUT2D eigenvalue weighted by molar-refractivity contribution is -0.184. The summed E-state index contributed by atoms with van der Waals surface area (Å²) in [7, 11) is 0. The van der Waals surface area contributed by atoms with E-state index in [0.717, 1.165) is 11.1 Å². The highest BCUT2D eigenvalue weighted by molar-refractivity contribution is 6.29. The molecule has 11 heteroatoms. The highest BCUT2D eigenvalue weighted by Gasteiger charge is 2.49. The Morgan fingerprint density at radius 3 is 2.65 bits per heavy atom. The molecular formula is C12H13ClF4N4O2. The first-order valence-electron chi connectivity index (χ1n) is 6.49. The van der Waals surface area contributed by atoms with E-state index in [1.165, 1.54) is 12.1 Å². The first kappa shape index (κ1) is 17.7. The Bertz CT molecular complexity index is 557. The van der Waals surface area contributed by atoms with Crippen LogP contribution in [-0.4, -0.2) is 52.6 Å². The van der Waals surface area contributed by atoms with Gasteiger partial charge < -0.3 is 5.11 Å². The number of alkyl halides is 4. The van der Waals surface area contributed by atoms with Crippen LogP contribution in [0.15, 0.2) is 18.3 Å². The maximum Gasteiger partial charge on any atom is 0.419 e. The Kier molecular flexibility index (Phi) is 5.27. The van der Waals surface area contributed by atoms with E-state index in [9.17, 15) is 22.4 Å². The summed E-state index contributed by atoms with van der Waals surface area (Å²) in [4.78, 5) is 14.9. The molecule has 0 spiro atoms. The summed E-state index contributed by atoms with van der Waals surface area (Å²) in [5.41, 5.74) is 3.74. The summed E-state index contributed by atoms with van der Waals surface area (Å²) in [5, 5.41) is 8.50. The zero-order valence-corrected chi connectivity index (χ0v) is 12.3. The quantitative estimate of drug-likeness (QED) is 0.438. The number of likely N-dealkylation sites (tertiary alicyclic amines) is 1. The number of amides is 1. The molecule has 0 radical (unpaired) electrons. The Morgan fingerprint density at radius 2 is 2.13 bits per heavy atom. The Labute approximate surface area is 133 Å². The fourth-order valence-corrected chi connectivity index (χ4v) is 2.56. The number of carboxylic acid groups (broad SMARTS) is 1. The van der Waals surface area contributed by atoms with Gasteiger partial charge in [-0.05, 0) is 11.6 Å². The van der Waals surface area contributed by atoms with Gasteiger partial charge in [-0.1, -0.05) is 17.7 Å². The lowest BCUT2D eigenvalue weighted by Gasteiger charge is -2.29. The molecule has 1 aromatic rings. The summed E-state index contributed by atoms with van der Waals surface area (Å²) in [6.07, 6.45) is -6.77. The van der Waals surface area contributed by atoms with Gasteiger partial charge in [-0.25, -0.2) is 19.6 Å². The standard InChI is InChI=1S/C12H13ClF4N4O2/c13-9-2-1-6(3-18-9)10(12(15,16)17)21-4-7(14)8(5-21)19-20-11(22)23/h1-3,7-8,10,19-20H,4-5H2,(H,22,23)/t7?,8-,10-/m1/s1. The normalized spacial score (nSPS) is 23.7. The molecule has 1 aliphatic rings. The second-order valence-corrected chi connectivity index (χ2v) is 5.40. The predicted octanol–water partition coefficient (Wildman–Crippen LogP) is 2.13. The Morgan fingerprint density at radius 1 is 1.43 bits per heavy atom. The van der Waals surface area contributed by atoms with Crippen molar-refractivity contribution in [3.63, 3.8) is 0 Å². The largest absolute Gasteiger partial charge is 0.464 e. The van der Waals surface area contributed by atoms with Crippen molar-refractivity contribution in [1.82, 2.24) is 20.7 Å². The minimum atomic E-state index is -4.65. The minimum Gasteiger partial charge on any atom is -0.464 e. The molecule has 6 nitrogen and oxygen atoms in total. The molecule has 1 saturated heterocycles. The van der Waals surface area contributed by atoms with E-state index < -0.39 is 37.1 Å². The average Bonchev–Trinajstić information content (AvgIpc) is 2.78. The van der Waals surface area contributed by atoms with Crippen molar-refractivity contribution in [1.29, 1.82) is 0 Å². The molecule has 3 atom stereocenters. The summed E-state index contributed by atoms with van der Waals surface area (Å²) >= 11 is 5.57. The lowest BCUT2D eigenvalue weighted by atomic mass is 10.1. The number of nitrogens with one attached hydrogen (secondary N) is 2. The molecule has 1 unspecified atom stereocenters. The molecule has 0 saturated carbocycles. The fraction of sp³-hybridized carbons (Fsp3) is 0.500. The minimum absolute atomic E-state index is 0.0460.